The molecule has 0 saturated heterocycles. The van der Waals surface area contributed by atoms with Crippen LogP contribution in [0.2, 0.25) is 0 Å². The van der Waals surface area contributed by atoms with Gasteiger partial charge in [-0.05, 0) is 79.6 Å². The Hall–Kier alpha value is -3.00. The van der Waals surface area contributed by atoms with Gasteiger partial charge in [-0.15, -0.1) is 0 Å². The monoisotopic (exact) mass is 363 g/mol. The molecule has 0 aliphatic heterocycles. The number of anilines is 1. The highest BCUT2D eigenvalue weighted by Gasteiger charge is 2.19. The van der Waals surface area contributed by atoms with Crippen LogP contribution < -0.4 is 15.2 Å². The molecule has 0 bridgehead atoms. The molecule has 27 heavy (non-hydrogen) atoms. The highest BCUT2D eigenvalue weighted by atomic mass is 16.5. The molecule has 3 rings (SSSR count). The summed E-state index contributed by atoms with van der Waals surface area (Å²) in [5.41, 5.74) is 2.76. The molecular formula is C22H23N2O3-. The number of carbonyl (C=O) groups is 1. The fourth-order valence-electron chi connectivity index (χ4n) is 3.41. The number of hydrogen-bond acceptors (Lipinski definition) is 5. The van der Waals surface area contributed by atoms with E-state index in [1.54, 1.807) is 30.3 Å². The SMILES string of the molecule is CCc1cc(OC2CCCC2)cc(C(Nc2ccc(C#N)cc2)C(=O)[O-])c1. The predicted octanol–water partition coefficient (Wildman–Crippen LogP) is 3.35. The van der Waals surface area contributed by atoms with Crippen LogP contribution in [0.5, 0.6) is 5.75 Å². The number of aryl methyl sites for hydroxylation is 1. The van der Waals surface area contributed by atoms with Crippen LogP contribution in [0.1, 0.15) is 55.3 Å². The number of carboxylic acids is 1. The first-order valence-electron chi connectivity index (χ1n) is 9.37. The van der Waals surface area contributed by atoms with Crippen molar-refractivity contribution in [1.82, 2.24) is 0 Å². The van der Waals surface area contributed by atoms with Crippen LogP contribution in [0, 0.1) is 11.3 Å². The Morgan fingerprint density at radius 1 is 1.26 bits per heavy atom. The molecule has 1 saturated carbocycles. The summed E-state index contributed by atoms with van der Waals surface area (Å²) in [5.74, 6) is -0.497. The zero-order valence-corrected chi connectivity index (χ0v) is 15.4. The van der Waals surface area contributed by atoms with Crippen LogP contribution in [0.25, 0.3) is 0 Å². The second kappa shape index (κ2) is 8.59. The van der Waals surface area contributed by atoms with Crippen LogP contribution in [0.3, 0.4) is 0 Å². The van der Waals surface area contributed by atoms with Gasteiger partial charge in [-0.3, -0.25) is 0 Å². The smallest absolute Gasteiger partial charge is 0.120 e. The lowest BCUT2D eigenvalue weighted by Crippen LogP contribution is -2.34. The average Bonchev–Trinajstić information content (AvgIpc) is 3.19. The van der Waals surface area contributed by atoms with Gasteiger partial charge in [0, 0.05) is 5.69 Å². The number of nitriles is 1. The zero-order valence-electron chi connectivity index (χ0n) is 15.4. The Kier molecular flexibility index (Phi) is 5.97. The van der Waals surface area contributed by atoms with Crippen molar-refractivity contribution in [1.29, 1.82) is 5.26 Å². The number of nitrogens with one attached hydrogen (secondary N) is 1. The highest BCUT2D eigenvalue weighted by Crippen LogP contribution is 2.29. The predicted molar refractivity (Wildman–Crippen MR) is 101 cm³/mol. The van der Waals surface area contributed by atoms with Crippen LogP contribution in [0.4, 0.5) is 5.69 Å². The van der Waals surface area contributed by atoms with E-state index in [2.05, 4.69) is 5.32 Å². The molecule has 1 N–H and O–H groups in total. The van der Waals surface area contributed by atoms with Gasteiger partial charge in [-0.1, -0.05) is 13.0 Å². The molecule has 5 heteroatoms. The highest BCUT2D eigenvalue weighted by molar-refractivity contribution is 5.78. The maximum absolute atomic E-state index is 11.8. The number of benzene rings is 2. The first kappa shape index (κ1) is 18.8. The zero-order chi connectivity index (χ0) is 19.2. The summed E-state index contributed by atoms with van der Waals surface area (Å²) < 4.78 is 6.09. The molecule has 1 unspecified atom stereocenters. The quantitative estimate of drug-likeness (QED) is 0.815. The Morgan fingerprint density at radius 2 is 1.96 bits per heavy atom. The number of hydrogen-bond donors (Lipinski definition) is 1. The average molecular weight is 363 g/mol. The van der Waals surface area contributed by atoms with E-state index in [1.165, 1.54) is 12.8 Å². The molecule has 2 aromatic rings. The van der Waals surface area contributed by atoms with Crippen LogP contribution in [0.15, 0.2) is 42.5 Å². The topological polar surface area (TPSA) is 85.2 Å². The van der Waals surface area contributed by atoms with Gasteiger partial charge >= 0.3 is 0 Å². The summed E-state index contributed by atoms with van der Waals surface area (Å²) in [5, 5.41) is 23.7. The van der Waals surface area contributed by atoms with Gasteiger partial charge in [0.05, 0.1) is 29.7 Å². The van der Waals surface area contributed by atoms with Crippen LogP contribution in [-0.2, 0) is 11.2 Å². The van der Waals surface area contributed by atoms with Crippen molar-refractivity contribution in [2.24, 2.45) is 0 Å². The molecule has 0 aromatic heterocycles. The van der Waals surface area contributed by atoms with E-state index >= 15 is 0 Å². The largest absolute Gasteiger partial charge is 0.548 e. The van der Waals surface area contributed by atoms with Gasteiger partial charge < -0.3 is 20.0 Å². The fraction of sp³-hybridized carbons (Fsp3) is 0.364. The van der Waals surface area contributed by atoms with Crippen molar-refractivity contribution >= 4 is 11.7 Å². The second-order valence-corrected chi connectivity index (χ2v) is 6.87. The summed E-state index contributed by atoms with van der Waals surface area (Å²) >= 11 is 0. The summed E-state index contributed by atoms with van der Waals surface area (Å²) in [4.78, 5) is 11.8. The minimum absolute atomic E-state index is 0.206. The first-order chi connectivity index (χ1) is 13.1. The van der Waals surface area contributed by atoms with Gasteiger partial charge in [0.1, 0.15) is 5.75 Å². The van der Waals surface area contributed by atoms with E-state index < -0.39 is 12.0 Å². The van der Waals surface area contributed by atoms with Crippen molar-refractivity contribution in [3.05, 3.63) is 59.2 Å². The van der Waals surface area contributed by atoms with Crippen molar-refractivity contribution in [3.63, 3.8) is 0 Å². The third-order valence-electron chi connectivity index (χ3n) is 4.90. The molecule has 1 aliphatic rings. The molecule has 5 nitrogen and oxygen atoms in total. The standard InChI is InChI=1S/C22H24N2O3/c1-2-15-11-17(13-20(12-15)27-19-5-3-4-6-19)21(22(25)26)24-18-9-7-16(14-23)8-10-18/h7-13,19,21,24H,2-6H2,1H3,(H,25,26)/p-1. The van der Waals surface area contributed by atoms with E-state index in [9.17, 15) is 9.90 Å². The molecule has 0 heterocycles. The first-order valence-corrected chi connectivity index (χ1v) is 9.37. The molecule has 140 valence electrons. The maximum Gasteiger partial charge on any atom is 0.120 e. The van der Waals surface area contributed by atoms with Gasteiger partial charge in [0.25, 0.3) is 0 Å². The Bertz CT molecular complexity index is 834. The van der Waals surface area contributed by atoms with Crippen molar-refractivity contribution in [2.45, 2.75) is 51.2 Å². The molecule has 0 amide bonds. The third-order valence-corrected chi connectivity index (χ3v) is 4.90. The van der Waals surface area contributed by atoms with E-state index in [4.69, 9.17) is 10.00 Å². The number of carboxylic acid groups (broad SMARTS) is 1. The third kappa shape index (κ3) is 4.79. The minimum Gasteiger partial charge on any atom is -0.548 e. The minimum atomic E-state index is -1.21. The molecule has 1 atom stereocenters. The number of carbonyl (C=O) groups excluding carboxylic acids is 1. The van der Waals surface area contributed by atoms with Crippen LogP contribution >= 0.6 is 0 Å². The normalized spacial score (nSPS) is 15.1. The summed E-state index contributed by atoms with van der Waals surface area (Å²) in [7, 11) is 0. The summed E-state index contributed by atoms with van der Waals surface area (Å²) in [6, 6.07) is 13.3. The van der Waals surface area contributed by atoms with Gasteiger partial charge in [0.15, 0.2) is 0 Å². The van der Waals surface area contributed by atoms with Gasteiger partial charge in [-0.25, -0.2) is 0 Å². The van der Waals surface area contributed by atoms with Crippen LogP contribution in [-0.4, -0.2) is 12.1 Å². The van der Waals surface area contributed by atoms with E-state index in [1.807, 2.05) is 25.1 Å². The fourth-order valence-corrected chi connectivity index (χ4v) is 3.41. The maximum atomic E-state index is 11.8. The lowest BCUT2D eigenvalue weighted by atomic mass is 10.0. The molecule has 2 aromatic carbocycles. The molecular weight excluding hydrogens is 340 g/mol. The molecule has 1 aliphatic carbocycles. The molecule has 0 radical (unpaired) electrons. The van der Waals surface area contributed by atoms with E-state index in [0.717, 1.165) is 24.8 Å². The van der Waals surface area contributed by atoms with E-state index in [-0.39, 0.29) is 6.10 Å². The summed E-state index contributed by atoms with van der Waals surface area (Å²) in [6.45, 7) is 2.03. The summed E-state index contributed by atoms with van der Waals surface area (Å²) in [6.07, 6.45) is 5.42. The number of aliphatic carboxylic acids is 1. The molecule has 1 fully saturated rings. The van der Waals surface area contributed by atoms with Crippen molar-refractivity contribution < 1.29 is 14.6 Å². The Labute approximate surface area is 159 Å². The number of ether oxygens (including phenoxy) is 1. The lowest BCUT2D eigenvalue weighted by Gasteiger charge is -2.23. The Balaban J connectivity index is 1.86. The lowest BCUT2D eigenvalue weighted by molar-refractivity contribution is -0.307. The van der Waals surface area contributed by atoms with Crippen molar-refractivity contribution in [3.8, 4) is 11.8 Å². The molecule has 0 spiro atoms. The van der Waals surface area contributed by atoms with Gasteiger partial charge in [0.2, 0.25) is 0 Å². The number of nitrogens with zero attached hydrogens (tertiary/aromatic N) is 1. The number of rotatable bonds is 7. The Morgan fingerprint density at radius 3 is 2.56 bits per heavy atom. The second-order valence-electron chi connectivity index (χ2n) is 6.87. The van der Waals surface area contributed by atoms with Crippen molar-refractivity contribution in [2.75, 3.05) is 5.32 Å². The van der Waals surface area contributed by atoms with Gasteiger partial charge in [-0.2, -0.15) is 5.26 Å². The van der Waals surface area contributed by atoms with E-state index in [0.29, 0.717) is 22.6 Å².